The predicted molar refractivity (Wildman–Crippen MR) is 86.5 cm³/mol. The van der Waals surface area contributed by atoms with Gasteiger partial charge in [-0.1, -0.05) is 29.8 Å². The van der Waals surface area contributed by atoms with Crippen LogP contribution < -0.4 is 5.73 Å². The van der Waals surface area contributed by atoms with Crippen molar-refractivity contribution in [3.63, 3.8) is 0 Å². The van der Waals surface area contributed by atoms with Gasteiger partial charge >= 0.3 is 0 Å². The molecule has 1 unspecified atom stereocenters. The Bertz CT molecular complexity index is 595. The van der Waals surface area contributed by atoms with Gasteiger partial charge in [0.05, 0.1) is 5.69 Å². The third kappa shape index (κ3) is 3.57. The number of nitrogens with two attached hydrogens (primary N) is 1. The molecule has 1 atom stereocenters. The molecule has 108 valence electrons. The van der Waals surface area contributed by atoms with Crippen LogP contribution >= 0.6 is 23.4 Å². The molecule has 5 heteroatoms. The Balaban J connectivity index is 1.96. The second-order valence-corrected chi connectivity index (χ2v) is 6.44. The molecule has 20 heavy (non-hydrogen) atoms. The molecule has 3 nitrogen and oxygen atoms in total. The zero-order valence-electron chi connectivity index (χ0n) is 12.1. The predicted octanol–water partition coefficient (Wildman–Crippen LogP) is 3.35. The van der Waals surface area contributed by atoms with Crippen molar-refractivity contribution >= 4 is 23.4 Å². The monoisotopic (exact) mass is 309 g/mol. The molecule has 0 aliphatic rings. The first-order valence-corrected chi connectivity index (χ1v) is 7.97. The highest BCUT2D eigenvalue weighted by Crippen LogP contribution is 2.25. The van der Waals surface area contributed by atoms with Crippen LogP contribution in [0.15, 0.2) is 29.2 Å². The number of hydrogen-bond acceptors (Lipinski definition) is 3. The fraction of sp³-hybridized carbons (Fsp3) is 0.400. The maximum absolute atomic E-state index is 6.24. The summed E-state index contributed by atoms with van der Waals surface area (Å²) in [6.45, 7) is 4.10. The Hall–Kier alpha value is -0.970. The van der Waals surface area contributed by atoms with Crippen molar-refractivity contribution in [2.24, 2.45) is 12.8 Å². The SMILES string of the molecule is Cc1ccccc1SCC(N)Cc1c(C)nn(C)c1Cl. The van der Waals surface area contributed by atoms with Gasteiger partial charge in [0, 0.05) is 29.3 Å². The van der Waals surface area contributed by atoms with Crippen molar-refractivity contribution in [1.29, 1.82) is 0 Å². The fourth-order valence-corrected chi connectivity index (χ4v) is 3.38. The van der Waals surface area contributed by atoms with E-state index in [1.54, 1.807) is 16.4 Å². The first kappa shape index (κ1) is 15.4. The highest BCUT2D eigenvalue weighted by molar-refractivity contribution is 7.99. The second-order valence-electron chi connectivity index (χ2n) is 5.02. The van der Waals surface area contributed by atoms with Gasteiger partial charge in [0.1, 0.15) is 5.15 Å². The molecule has 2 rings (SSSR count). The van der Waals surface area contributed by atoms with Crippen LogP contribution in [0.1, 0.15) is 16.8 Å². The van der Waals surface area contributed by atoms with E-state index in [0.717, 1.165) is 23.4 Å². The van der Waals surface area contributed by atoms with Gasteiger partial charge in [-0.25, -0.2) is 0 Å². The number of hydrogen-bond donors (Lipinski definition) is 1. The van der Waals surface area contributed by atoms with Gasteiger partial charge in [-0.05, 0) is 31.9 Å². The quantitative estimate of drug-likeness (QED) is 0.861. The van der Waals surface area contributed by atoms with E-state index in [9.17, 15) is 0 Å². The summed E-state index contributed by atoms with van der Waals surface area (Å²) in [6, 6.07) is 8.44. The van der Waals surface area contributed by atoms with Gasteiger partial charge in [0.2, 0.25) is 0 Å². The maximum Gasteiger partial charge on any atom is 0.130 e. The number of halogens is 1. The average Bonchev–Trinajstić information content (AvgIpc) is 2.64. The van der Waals surface area contributed by atoms with Crippen LogP contribution in [0.2, 0.25) is 5.15 Å². The van der Waals surface area contributed by atoms with Gasteiger partial charge in [-0.15, -0.1) is 11.8 Å². The summed E-state index contributed by atoms with van der Waals surface area (Å²) in [5.74, 6) is 0.871. The minimum atomic E-state index is 0.0695. The molecule has 0 bridgehead atoms. The molecule has 0 amide bonds. The van der Waals surface area contributed by atoms with E-state index in [4.69, 9.17) is 17.3 Å². The number of aryl methyl sites for hydroxylation is 3. The number of thioether (sulfide) groups is 1. The second kappa shape index (κ2) is 6.66. The van der Waals surface area contributed by atoms with Crippen molar-refractivity contribution in [1.82, 2.24) is 9.78 Å². The van der Waals surface area contributed by atoms with Crippen molar-refractivity contribution in [2.45, 2.75) is 31.2 Å². The summed E-state index contributed by atoms with van der Waals surface area (Å²) >= 11 is 8.04. The summed E-state index contributed by atoms with van der Waals surface area (Å²) in [6.07, 6.45) is 0.761. The molecular weight excluding hydrogens is 290 g/mol. The molecule has 1 heterocycles. The Morgan fingerprint density at radius 1 is 1.35 bits per heavy atom. The van der Waals surface area contributed by atoms with E-state index in [1.807, 2.05) is 14.0 Å². The lowest BCUT2D eigenvalue weighted by Gasteiger charge is -2.12. The molecule has 0 saturated carbocycles. The number of nitrogens with zero attached hydrogens (tertiary/aromatic N) is 2. The highest BCUT2D eigenvalue weighted by Gasteiger charge is 2.15. The molecule has 0 saturated heterocycles. The molecule has 2 N–H and O–H groups in total. The van der Waals surface area contributed by atoms with E-state index in [0.29, 0.717) is 5.15 Å². The molecular formula is C15H20ClN3S. The standard InChI is InChI=1S/C15H20ClN3S/c1-10-6-4-5-7-14(10)20-9-12(17)8-13-11(2)18-19(3)15(13)16/h4-7,12H,8-9,17H2,1-3H3. The van der Waals surface area contributed by atoms with E-state index >= 15 is 0 Å². The van der Waals surface area contributed by atoms with E-state index < -0.39 is 0 Å². The third-order valence-electron chi connectivity index (χ3n) is 3.28. The van der Waals surface area contributed by atoms with E-state index in [2.05, 4.69) is 36.3 Å². The van der Waals surface area contributed by atoms with Crippen LogP contribution in [0.4, 0.5) is 0 Å². The lowest BCUT2D eigenvalue weighted by atomic mass is 10.1. The minimum absolute atomic E-state index is 0.0695. The minimum Gasteiger partial charge on any atom is -0.327 e. The van der Waals surface area contributed by atoms with Crippen molar-refractivity contribution in [3.05, 3.63) is 46.2 Å². The van der Waals surface area contributed by atoms with Crippen LogP contribution in [-0.4, -0.2) is 21.6 Å². The van der Waals surface area contributed by atoms with Gasteiger partial charge < -0.3 is 5.73 Å². The molecule has 2 aromatic rings. The topological polar surface area (TPSA) is 43.8 Å². The number of benzene rings is 1. The molecule has 1 aromatic carbocycles. The van der Waals surface area contributed by atoms with Crippen molar-refractivity contribution in [3.8, 4) is 0 Å². The summed E-state index contributed by atoms with van der Waals surface area (Å²) in [5, 5.41) is 5.01. The Labute approximate surface area is 129 Å². The van der Waals surface area contributed by atoms with Crippen LogP contribution in [0.5, 0.6) is 0 Å². The smallest absolute Gasteiger partial charge is 0.130 e. The zero-order valence-corrected chi connectivity index (χ0v) is 13.6. The number of rotatable bonds is 5. The largest absolute Gasteiger partial charge is 0.327 e. The zero-order chi connectivity index (χ0) is 14.7. The summed E-state index contributed by atoms with van der Waals surface area (Å²) in [5.41, 5.74) is 9.55. The lowest BCUT2D eigenvalue weighted by Crippen LogP contribution is -2.26. The normalized spacial score (nSPS) is 12.7. The molecule has 0 radical (unpaired) electrons. The number of aromatic nitrogens is 2. The van der Waals surface area contributed by atoms with Gasteiger partial charge in [-0.3, -0.25) is 4.68 Å². The van der Waals surface area contributed by atoms with Crippen molar-refractivity contribution < 1.29 is 0 Å². The van der Waals surface area contributed by atoms with Gasteiger partial charge in [0.15, 0.2) is 0 Å². The molecule has 0 fully saturated rings. The first-order chi connectivity index (χ1) is 9.49. The van der Waals surface area contributed by atoms with E-state index in [1.165, 1.54) is 10.5 Å². The molecule has 0 aliphatic carbocycles. The molecule has 0 aliphatic heterocycles. The average molecular weight is 310 g/mol. The summed E-state index contributed by atoms with van der Waals surface area (Å²) < 4.78 is 1.70. The Morgan fingerprint density at radius 3 is 2.65 bits per heavy atom. The maximum atomic E-state index is 6.24. The lowest BCUT2D eigenvalue weighted by molar-refractivity contribution is 0.743. The fourth-order valence-electron chi connectivity index (χ4n) is 2.14. The van der Waals surface area contributed by atoms with Crippen LogP contribution in [0.25, 0.3) is 0 Å². The summed E-state index contributed by atoms with van der Waals surface area (Å²) in [4.78, 5) is 1.29. The van der Waals surface area contributed by atoms with Crippen LogP contribution in [-0.2, 0) is 13.5 Å². The third-order valence-corrected chi connectivity index (χ3v) is 5.12. The first-order valence-electron chi connectivity index (χ1n) is 6.61. The van der Waals surface area contributed by atoms with Crippen LogP contribution in [0, 0.1) is 13.8 Å². The Kier molecular flexibility index (Phi) is 5.13. The van der Waals surface area contributed by atoms with E-state index in [-0.39, 0.29) is 6.04 Å². The Morgan fingerprint density at radius 2 is 2.05 bits per heavy atom. The van der Waals surface area contributed by atoms with Gasteiger partial charge in [-0.2, -0.15) is 5.10 Å². The van der Waals surface area contributed by atoms with Gasteiger partial charge in [0.25, 0.3) is 0 Å². The highest BCUT2D eigenvalue weighted by atomic mass is 35.5. The van der Waals surface area contributed by atoms with Crippen LogP contribution in [0.3, 0.4) is 0 Å². The molecule has 1 aromatic heterocycles. The molecule has 0 spiro atoms. The van der Waals surface area contributed by atoms with Crippen molar-refractivity contribution in [2.75, 3.05) is 5.75 Å². The summed E-state index contributed by atoms with van der Waals surface area (Å²) in [7, 11) is 1.85.